The van der Waals surface area contributed by atoms with Gasteiger partial charge in [0.05, 0.1) is 12.8 Å². The molecule has 1 aromatic heterocycles. The number of aromatic nitrogens is 1. The standard InChI is InChI=1S/C11H16F2N2O/c1-8(2)7-16-4-3-14-11-10(13)5-9(12)6-15-11/h5-6,8H,3-4,7H2,1-2H3,(H,14,15). The number of nitrogens with zero attached hydrogens (tertiary/aromatic N) is 1. The Bertz CT molecular complexity index is 332. The average molecular weight is 230 g/mol. The molecule has 0 aliphatic rings. The van der Waals surface area contributed by atoms with Crippen LogP contribution in [0.3, 0.4) is 0 Å². The maximum Gasteiger partial charge on any atom is 0.168 e. The van der Waals surface area contributed by atoms with E-state index < -0.39 is 11.6 Å². The van der Waals surface area contributed by atoms with Crippen LogP contribution in [0.25, 0.3) is 0 Å². The first-order chi connectivity index (χ1) is 7.59. The summed E-state index contributed by atoms with van der Waals surface area (Å²) >= 11 is 0. The lowest BCUT2D eigenvalue weighted by atomic mass is 10.2. The summed E-state index contributed by atoms with van der Waals surface area (Å²) in [5, 5.41) is 2.74. The first-order valence-corrected chi connectivity index (χ1v) is 5.22. The molecule has 0 atom stereocenters. The number of hydrogen-bond donors (Lipinski definition) is 1. The lowest BCUT2D eigenvalue weighted by Crippen LogP contribution is -2.13. The van der Waals surface area contributed by atoms with Crippen molar-refractivity contribution in [1.29, 1.82) is 0 Å². The van der Waals surface area contributed by atoms with Gasteiger partial charge < -0.3 is 10.1 Å². The number of pyridine rings is 1. The third-order valence-corrected chi connectivity index (χ3v) is 1.80. The molecule has 0 spiro atoms. The molecule has 0 saturated carbocycles. The molecule has 16 heavy (non-hydrogen) atoms. The number of hydrogen-bond acceptors (Lipinski definition) is 3. The third kappa shape index (κ3) is 4.53. The van der Waals surface area contributed by atoms with Crippen LogP contribution in [0.1, 0.15) is 13.8 Å². The lowest BCUT2D eigenvalue weighted by Gasteiger charge is -2.08. The van der Waals surface area contributed by atoms with Crippen molar-refractivity contribution in [2.45, 2.75) is 13.8 Å². The minimum absolute atomic E-state index is 0.0505. The minimum atomic E-state index is -0.691. The van der Waals surface area contributed by atoms with Gasteiger partial charge in [0.1, 0.15) is 5.82 Å². The highest BCUT2D eigenvalue weighted by Gasteiger charge is 2.04. The van der Waals surface area contributed by atoms with E-state index in [2.05, 4.69) is 24.1 Å². The molecule has 0 aromatic carbocycles. The number of ether oxygens (including phenoxy) is 1. The number of anilines is 1. The Hall–Kier alpha value is -1.23. The largest absolute Gasteiger partial charge is 0.379 e. The van der Waals surface area contributed by atoms with Gasteiger partial charge in [-0.25, -0.2) is 13.8 Å². The van der Waals surface area contributed by atoms with Gasteiger partial charge in [-0.3, -0.25) is 0 Å². The molecule has 0 unspecified atom stereocenters. The van der Waals surface area contributed by atoms with Crippen molar-refractivity contribution in [3.05, 3.63) is 23.9 Å². The molecule has 0 fully saturated rings. The van der Waals surface area contributed by atoms with E-state index in [9.17, 15) is 8.78 Å². The Kier molecular flexibility index (Phi) is 5.11. The zero-order valence-electron chi connectivity index (χ0n) is 9.46. The van der Waals surface area contributed by atoms with E-state index in [1.54, 1.807) is 0 Å². The molecule has 1 N–H and O–H groups in total. The molecule has 0 saturated heterocycles. The minimum Gasteiger partial charge on any atom is -0.379 e. The Morgan fingerprint density at radius 2 is 2.19 bits per heavy atom. The van der Waals surface area contributed by atoms with Gasteiger partial charge >= 0.3 is 0 Å². The predicted molar refractivity (Wildman–Crippen MR) is 58.3 cm³/mol. The smallest absolute Gasteiger partial charge is 0.168 e. The first-order valence-electron chi connectivity index (χ1n) is 5.22. The summed E-state index contributed by atoms with van der Waals surface area (Å²) in [7, 11) is 0. The lowest BCUT2D eigenvalue weighted by molar-refractivity contribution is 0.118. The van der Waals surface area contributed by atoms with E-state index in [-0.39, 0.29) is 5.82 Å². The van der Waals surface area contributed by atoms with E-state index in [1.165, 1.54) is 0 Å². The molecular weight excluding hydrogens is 214 g/mol. The Morgan fingerprint density at radius 1 is 1.44 bits per heavy atom. The molecule has 5 heteroatoms. The van der Waals surface area contributed by atoms with Crippen LogP contribution in [0.5, 0.6) is 0 Å². The number of halogens is 2. The second-order valence-corrected chi connectivity index (χ2v) is 3.88. The second-order valence-electron chi connectivity index (χ2n) is 3.88. The average Bonchev–Trinajstić information content (AvgIpc) is 2.20. The monoisotopic (exact) mass is 230 g/mol. The number of nitrogens with one attached hydrogen (secondary N) is 1. The van der Waals surface area contributed by atoms with Gasteiger partial charge in [0.15, 0.2) is 11.6 Å². The van der Waals surface area contributed by atoms with Gasteiger partial charge in [-0.05, 0) is 5.92 Å². The quantitative estimate of drug-likeness (QED) is 0.762. The Morgan fingerprint density at radius 3 is 2.81 bits per heavy atom. The normalized spacial score (nSPS) is 10.8. The van der Waals surface area contributed by atoms with E-state index in [0.717, 1.165) is 12.3 Å². The van der Waals surface area contributed by atoms with E-state index in [0.29, 0.717) is 25.7 Å². The highest BCUT2D eigenvalue weighted by Crippen LogP contribution is 2.10. The molecule has 1 aromatic rings. The van der Waals surface area contributed by atoms with Gasteiger partial charge in [0.2, 0.25) is 0 Å². The van der Waals surface area contributed by atoms with Crippen molar-refractivity contribution in [2.24, 2.45) is 5.92 Å². The molecule has 1 heterocycles. The zero-order valence-corrected chi connectivity index (χ0v) is 9.46. The van der Waals surface area contributed by atoms with Crippen LogP contribution in [-0.4, -0.2) is 24.7 Å². The van der Waals surface area contributed by atoms with E-state index in [1.807, 2.05) is 0 Å². The van der Waals surface area contributed by atoms with E-state index >= 15 is 0 Å². The molecule has 0 aliphatic carbocycles. The van der Waals surface area contributed by atoms with Gasteiger partial charge in [-0.15, -0.1) is 0 Å². The summed E-state index contributed by atoms with van der Waals surface area (Å²) in [5.74, 6) is -0.849. The molecule has 0 aliphatic heterocycles. The molecule has 1 rings (SSSR count). The van der Waals surface area contributed by atoms with Gasteiger partial charge in [0.25, 0.3) is 0 Å². The summed E-state index contributed by atoms with van der Waals surface area (Å²) in [6, 6.07) is 0.796. The third-order valence-electron chi connectivity index (χ3n) is 1.80. The molecule has 90 valence electrons. The molecular formula is C11H16F2N2O. The van der Waals surface area contributed by atoms with Crippen LogP contribution in [0.4, 0.5) is 14.6 Å². The predicted octanol–water partition coefficient (Wildman–Crippen LogP) is 2.44. The van der Waals surface area contributed by atoms with Gasteiger partial charge in [-0.2, -0.15) is 0 Å². The van der Waals surface area contributed by atoms with E-state index in [4.69, 9.17) is 4.74 Å². The molecule has 0 bridgehead atoms. The van der Waals surface area contributed by atoms with Crippen LogP contribution >= 0.6 is 0 Å². The van der Waals surface area contributed by atoms with Crippen LogP contribution < -0.4 is 5.32 Å². The zero-order chi connectivity index (χ0) is 12.0. The highest BCUT2D eigenvalue weighted by molar-refractivity contribution is 5.35. The summed E-state index contributed by atoms with van der Waals surface area (Å²) in [5.41, 5.74) is 0. The first kappa shape index (κ1) is 12.8. The maximum atomic E-state index is 13.1. The van der Waals surface area contributed by atoms with Crippen molar-refractivity contribution in [3.63, 3.8) is 0 Å². The SMILES string of the molecule is CC(C)COCCNc1ncc(F)cc1F. The van der Waals surface area contributed by atoms with Crippen molar-refractivity contribution in [1.82, 2.24) is 4.98 Å². The Labute approximate surface area is 93.8 Å². The van der Waals surface area contributed by atoms with Crippen molar-refractivity contribution < 1.29 is 13.5 Å². The summed E-state index contributed by atoms with van der Waals surface area (Å²) < 4.78 is 30.9. The van der Waals surface area contributed by atoms with Crippen LogP contribution in [-0.2, 0) is 4.74 Å². The summed E-state index contributed by atoms with van der Waals surface area (Å²) in [6.07, 6.45) is 0.973. The van der Waals surface area contributed by atoms with Crippen molar-refractivity contribution >= 4 is 5.82 Å². The summed E-state index contributed by atoms with van der Waals surface area (Å²) in [6.45, 7) is 5.68. The Balaban J connectivity index is 2.27. The fourth-order valence-electron chi connectivity index (χ4n) is 1.11. The van der Waals surface area contributed by atoms with Crippen LogP contribution in [0, 0.1) is 17.6 Å². The van der Waals surface area contributed by atoms with Gasteiger partial charge in [0, 0.05) is 19.2 Å². The topological polar surface area (TPSA) is 34.1 Å². The van der Waals surface area contributed by atoms with Gasteiger partial charge in [-0.1, -0.05) is 13.8 Å². The van der Waals surface area contributed by atoms with Crippen LogP contribution in [0.2, 0.25) is 0 Å². The highest BCUT2D eigenvalue weighted by atomic mass is 19.1. The van der Waals surface area contributed by atoms with Crippen molar-refractivity contribution in [3.8, 4) is 0 Å². The molecule has 0 radical (unpaired) electrons. The second kappa shape index (κ2) is 6.37. The fraction of sp³-hybridized carbons (Fsp3) is 0.545. The maximum absolute atomic E-state index is 13.1. The van der Waals surface area contributed by atoms with Crippen molar-refractivity contribution in [2.75, 3.05) is 25.1 Å². The number of rotatable bonds is 6. The van der Waals surface area contributed by atoms with Crippen LogP contribution in [0.15, 0.2) is 12.3 Å². The molecule has 0 amide bonds. The fourth-order valence-corrected chi connectivity index (χ4v) is 1.11. The molecule has 3 nitrogen and oxygen atoms in total. The summed E-state index contributed by atoms with van der Waals surface area (Å²) in [4.78, 5) is 3.59.